The van der Waals surface area contributed by atoms with Crippen LogP contribution in [0.1, 0.15) is 5.56 Å². The number of nitrogens with two attached hydrogens (primary N) is 1. The maximum absolute atomic E-state index is 10.5. The van der Waals surface area contributed by atoms with Crippen LogP contribution in [0.4, 0.5) is 11.4 Å². The third-order valence-electron chi connectivity index (χ3n) is 1.47. The molecule has 1 aromatic rings. The van der Waals surface area contributed by atoms with Crippen molar-refractivity contribution in [2.24, 2.45) is 0 Å². The zero-order valence-electron chi connectivity index (χ0n) is 7.02. The number of hydrogen-bond acceptors (Lipinski definition) is 4. The number of nitrogen functional groups attached to an aromatic ring is 1. The number of nitrogens with zero attached hydrogens (tertiary/aromatic N) is 2. The Morgan fingerprint density at radius 1 is 1.50 bits per heavy atom. The molecule has 0 atom stereocenters. The Morgan fingerprint density at radius 2 is 2.21 bits per heavy atom. The molecule has 0 aliphatic heterocycles. The summed E-state index contributed by atoms with van der Waals surface area (Å²) in [6.07, 6.45) is 0. The molecule has 68 valence electrons. The molecule has 0 heterocycles. The Hall–Kier alpha value is -2.53. The van der Waals surface area contributed by atoms with Crippen LogP contribution in [0.3, 0.4) is 0 Å². The zero-order chi connectivity index (χ0) is 10.6. The van der Waals surface area contributed by atoms with E-state index in [9.17, 15) is 10.1 Å². The van der Waals surface area contributed by atoms with Crippen molar-refractivity contribution in [1.29, 1.82) is 5.26 Å². The van der Waals surface area contributed by atoms with Crippen molar-refractivity contribution in [3.8, 4) is 17.9 Å². The Morgan fingerprint density at radius 3 is 2.79 bits per heavy atom. The SMILES string of the molecule is N#CC#Cc1ccc(N)cc1[N+](=O)[O-]. The topological polar surface area (TPSA) is 93.0 Å². The molecular weight excluding hydrogens is 182 g/mol. The second kappa shape index (κ2) is 3.92. The predicted octanol–water partition coefficient (Wildman–Crippen LogP) is 1.05. The third kappa shape index (κ3) is 1.99. The molecule has 0 aliphatic carbocycles. The summed E-state index contributed by atoms with van der Waals surface area (Å²) in [5.41, 5.74) is 5.67. The van der Waals surface area contributed by atoms with Gasteiger partial charge < -0.3 is 5.73 Å². The number of nitro benzene ring substituents is 1. The Bertz CT molecular complexity index is 477. The molecule has 1 aromatic carbocycles. The summed E-state index contributed by atoms with van der Waals surface area (Å²) in [5.74, 6) is 4.45. The van der Waals surface area contributed by atoms with Gasteiger partial charge >= 0.3 is 0 Å². The minimum absolute atomic E-state index is 0.186. The van der Waals surface area contributed by atoms with E-state index < -0.39 is 4.92 Å². The highest BCUT2D eigenvalue weighted by atomic mass is 16.6. The van der Waals surface area contributed by atoms with Crippen molar-refractivity contribution in [2.75, 3.05) is 5.73 Å². The number of nitro groups is 1. The van der Waals surface area contributed by atoms with Crippen molar-refractivity contribution < 1.29 is 4.92 Å². The van der Waals surface area contributed by atoms with Gasteiger partial charge in [0, 0.05) is 17.7 Å². The lowest BCUT2D eigenvalue weighted by Gasteiger charge is -1.96. The average molecular weight is 187 g/mol. The van der Waals surface area contributed by atoms with E-state index >= 15 is 0 Å². The molecule has 0 saturated heterocycles. The smallest absolute Gasteiger partial charge is 0.287 e. The second-order valence-corrected chi connectivity index (χ2v) is 2.40. The van der Waals surface area contributed by atoms with Gasteiger partial charge in [-0.25, -0.2) is 0 Å². The first kappa shape index (κ1) is 9.56. The fourth-order valence-electron chi connectivity index (χ4n) is 0.901. The molecule has 0 spiro atoms. The average Bonchev–Trinajstić information content (AvgIpc) is 2.15. The quantitative estimate of drug-likeness (QED) is 0.308. The maximum atomic E-state index is 10.5. The molecule has 0 saturated carbocycles. The molecule has 1 rings (SSSR count). The van der Waals surface area contributed by atoms with Crippen LogP contribution < -0.4 is 5.73 Å². The highest BCUT2D eigenvalue weighted by Gasteiger charge is 2.11. The first-order valence-corrected chi connectivity index (χ1v) is 3.59. The molecule has 0 unspecified atom stereocenters. The molecule has 0 aromatic heterocycles. The summed E-state index contributed by atoms with van der Waals surface area (Å²) in [6.45, 7) is 0. The number of hydrogen-bond donors (Lipinski definition) is 1. The van der Waals surface area contributed by atoms with Gasteiger partial charge in [-0.3, -0.25) is 10.1 Å². The Balaban J connectivity index is 3.30. The van der Waals surface area contributed by atoms with Crippen molar-refractivity contribution in [3.63, 3.8) is 0 Å². The summed E-state index contributed by atoms with van der Waals surface area (Å²) >= 11 is 0. The van der Waals surface area contributed by atoms with Gasteiger partial charge in [-0.05, 0) is 18.1 Å². The molecule has 0 bridgehead atoms. The number of rotatable bonds is 1. The van der Waals surface area contributed by atoms with Crippen LogP contribution in [0.15, 0.2) is 18.2 Å². The van der Waals surface area contributed by atoms with Crippen LogP contribution in [-0.2, 0) is 0 Å². The highest BCUT2D eigenvalue weighted by molar-refractivity contribution is 5.59. The minimum atomic E-state index is -0.586. The van der Waals surface area contributed by atoms with Crippen LogP contribution in [0.2, 0.25) is 0 Å². The standard InChI is InChI=1S/C9H5N3O2/c10-5-1-2-7-3-4-8(11)6-9(7)12(13)14/h3-4,6H,11H2. The van der Waals surface area contributed by atoms with Crippen LogP contribution in [0, 0.1) is 33.3 Å². The number of nitriles is 1. The Kier molecular flexibility index (Phi) is 2.68. The van der Waals surface area contributed by atoms with E-state index in [4.69, 9.17) is 11.0 Å². The van der Waals surface area contributed by atoms with Gasteiger partial charge in [0.05, 0.1) is 4.92 Å². The van der Waals surface area contributed by atoms with Crippen LogP contribution in [0.25, 0.3) is 0 Å². The van der Waals surface area contributed by atoms with E-state index in [0.29, 0.717) is 5.69 Å². The van der Waals surface area contributed by atoms with E-state index in [1.54, 1.807) is 6.07 Å². The zero-order valence-corrected chi connectivity index (χ0v) is 7.02. The first-order valence-electron chi connectivity index (χ1n) is 3.59. The fraction of sp³-hybridized carbons (Fsp3) is 0. The van der Waals surface area contributed by atoms with Gasteiger partial charge in [0.25, 0.3) is 5.69 Å². The number of benzene rings is 1. The molecule has 0 amide bonds. The lowest BCUT2D eigenvalue weighted by Crippen LogP contribution is -1.94. The van der Waals surface area contributed by atoms with E-state index in [2.05, 4.69) is 11.8 Å². The van der Waals surface area contributed by atoms with Crippen LogP contribution >= 0.6 is 0 Å². The normalized spacial score (nSPS) is 8.21. The maximum Gasteiger partial charge on any atom is 0.287 e. The molecular formula is C9H5N3O2. The largest absolute Gasteiger partial charge is 0.399 e. The summed E-state index contributed by atoms with van der Waals surface area (Å²) in [6, 6.07) is 5.70. The van der Waals surface area contributed by atoms with E-state index in [0.717, 1.165) is 0 Å². The monoisotopic (exact) mass is 187 g/mol. The van der Waals surface area contributed by atoms with Gasteiger partial charge in [-0.2, -0.15) is 5.26 Å². The van der Waals surface area contributed by atoms with Gasteiger partial charge in [0.15, 0.2) is 6.07 Å². The summed E-state index contributed by atoms with van der Waals surface area (Å²) in [4.78, 5) is 9.95. The molecule has 0 fully saturated rings. The molecule has 14 heavy (non-hydrogen) atoms. The predicted molar refractivity (Wildman–Crippen MR) is 50.0 cm³/mol. The molecule has 5 heteroatoms. The first-order chi connectivity index (χ1) is 6.65. The van der Waals surface area contributed by atoms with Crippen molar-refractivity contribution in [2.45, 2.75) is 0 Å². The fourth-order valence-corrected chi connectivity index (χ4v) is 0.901. The van der Waals surface area contributed by atoms with Crippen molar-refractivity contribution >= 4 is 11.4 Å². The summed E-state index contributed by atoms with van der Waals surface area (Å²) < 4.78 is 0. The van der Waals surface area contributed by atoms with E-state index in [-0.39, 0.29) is 11.3 Å². The Labute approximate surface area is 79.9 Å². The third-order valence-corrected chi connectivity index (χ3v) is 1.47. The molecule has 0 aliphatic rings. The lowest BCUT2D eigenvalue weighted by atomic mass is 10.1. The molecule has 2 N–H and O–H groups in total. The highest BCUT2D eigenvalue weighted by Crippen LogP contribution is 2.20. The number of anilines is 1. The van der Waals surface area contributed by atoms with Gasteiger partial charge in [-0.1, -0.05) is 0 Å². The van der Waals surface area contributed by atoms with E-state index in [1.807, 2.05) is 0 Å². The summed E-state index contributed by atoms with van der Waals surface area (Å²) in [5, 5.41) is 18.7. The minimum Gasteiger partial charge on any atom is -0.399 e. The summed E-state index contributed by atoms with van der Waals surface area (Å²) in [7, 11) is 0. The van der Waals surface area contributed by atoms with Gasteiger partial charge in [-0.15, -0.1) is 0 Å². The lowest BCUT2D eigenvalue weighted by molar-refractivity contribution is -0.385. The molecule has 0 radical (unpaired) electrons. The van der Waals surface area contributed by atoms with E-state index in [1.165, 1.54) is 18.2 Å². The second-order valence-electron chi connectivity index (χ2n) is 2.40. The van der Waals surface area contributed by atoms with Crippen molar-refractivity contribution in [1.82, 2.24) is 0 Å². The van der Waals surface area contributed by atoms with Crippen molar-refractivity contribution in [3.05, 3.63) is 33.9 Å². The van der Waals surface area contributed by atoms with Crippen LogP contribution in [0.5, 0.6) is 0 Å². The van der Waals surface area contributed by atoms with Gasteiger partial charge in [0.2, 0.25) is 0 Å². The van der Waals surface area contributed by atoms with Gasteiger partial charge in [0.1, 0.15) is 5.56 Å². The van der Waals surface area contributed by atoms with Crippen LogP contribution in [-0.4, -0.2) is 4.92 Å². The molecule has 5 nitrogen and oxygen atoms in total.